The monoisotopic (exact) mass is 318 g/mol. The van der Waals surface area contributed by atoms with Gasteiger partial charge in [0.1, 0.15) is 12.4 Å². The standard InChI is InChI=1S/C14H19FN2O3.ClH/c1-19-8-9-20-12-5-3-2-4-11(12)17-13(18)14(15)6-7-16-10-14;/h2-5,16H,6-10H2,1H3,(H,17,18);1H. The van der Waals surface area contributed by atoms with E-state index < -0.39 is 11.6 Å². The van der Waals surface area contributed by atoms with Gasteiger partial charge >= 0.3 is 0 Å². The number of hydrogen-bond donors (Lipinski definition) is 2. The van der Waals surface area contributed by atoms with Gasteiger partial charge < -0.3 is 20.1 Å². The molecule has 1 fully saturated rings. The van der Waals surface area contributed by atoms with E-state index in [9.17, 15) is 9.18 Å². The molecule has 0 spiro atoms. The lowest BCUT2D eigenvalue weighted by molar-refractivity contribution is -0.126. The summed E-state index contributed by atoms with van der Waals surface area (Å²) in [4.78, 5) is 12.0. The number of methoxy groups -OCH3 is 1. The SMILES string of the molecule is COCCOc1ccccc1NC(=O)C1(F)CCNC1.Cl. The molecule has 0 saturated carbocycles. The molecule has 0 bridgehead atoms. The van der Waals surface area contributed by atoms with E-state index in [-0.39, 0.29) is 25.4 Å². The molecule has 1 aliphatic rings. The Morgan fingerprint density at radius 3 is 2.86 bits per heavy atom. The number of hydrogen-bond acceptors (Lipinski definition) is 4. The van der Waals surface area contributed by atoms with Gasteiger partial charge in [0.2, 0.25) is 5.67 Å². The van der Waals surface area contributed by atoms with E-state index in [1.54, 1.807) is 31.4 Å². The summed E-state index contributed by atoms with van der Waals surface area (Å²) in [5, 5.41) is 5.45. The zero-order valence-corrected chi connectivity index (χ0v) is 12.7. The third-order valence-electron chi connectivity index (χ3n) is 3.19. The van der Waals surface area contributed by atoms with Gasteiger partial charge in [0, 0.05) is 20.1 Å². The van der Waals surface area contributed by atoms with Gasteiger partial charge in [-0.15, -0.1) is 12.4 Å². The molecule has 0 radical (unpaired) electrons. The maximum atomic E-state index is 14.3. The predicted molar refractivity (Wildman–Crippen MR) is 81.0 cm³/mol. The Morgan fingerprint density at radius 2 is 2.19 bits per heavy atom. The highest BCUT2D eigenvalue weighted by Gasteiger charge is 2.41. The molecule has 118 valence electrons. The van der Waals surface area contributed by atoms with Crippen LogP contribution in [0.1, 0.15) is 6.42 Å². The van der Waals surface area contributed by atoms with Crippen LogP contribution < -0.4 is 15.4 Å². The Morgan fingerprint density at radius 1 is 1.43 bits per heavy atom. The van der Waals surface area contributed by atoms with Crippen LogP contribution in [-0.4, -0.2) is 45.0 Å². The topological polar surface area (TPSA) is 59.6 Å². The molecule has 1 heterocycles. The molecule has 2 N–H and O–H groups in total. The summed E-state index contributed by atoms with van der Waals surface area (Å²) in [5.74, 6) is -0.127. The molecule has 1 aromatic carbocycles. The summed E-state index contributed by atoms with van der Waals surface area (Å²) in [6.45, 7) is 1.37. The van der Waals surface area contributed by atoms with Crippen molar-refractivity contribution in [1.29, 1.82) is 0 Å². The van der Waals surface area contributed by atoms with Gasteiger partial charge in [-0.1, -0.05) is 12.1 Å². The van der Waals surface area contributed by atoms with E-state index in [0.717, 1.165) is 0 Å². The molecule has 1 aromatic rings. The average molecular weight is 319 g/mol. The fourth-order valence-electron chi connectivity index (χ4n) is 2.02. The second-order valence-electron chi connectivity index (χ2n) is 4.68. The third-order valence-corrected chi connectivity index (χ3v) is 3.19. The highest BCUT2D eigenvalue weighted by Crippen LogP contribution is 2.27. The zero-order chi connectivity index (χ0) is 14.4. The molecule has 1 aliphatic heterocycles. The van der Waals surface area contributed by atoms with Crippen LogP contribution in [0, 0.1) is 0 Å². The summed E-state index contributed by atoms with van der Waals surface area (Å²) in [5.41, 5.74) is -1.38. The van der Waals surface area contributed by atoms with Gasteiger partial charge in [-0.25, -0.2) is 4.39 Å². The molecule has 0 aromatic heterocycles. The minimum absolute atomic E-state index is 0. The van der Waals surface area contributed by atoms with E-state index in [0.29, 0.717) is 31.2 Å². The van der Waals surface area contributed by atoms with Gasteiger partial charge in [0.05, 0.1) is 12.3 Å². The summed E-state index contributed by atoms with van der Waals surface area (Å²) >= 11 is 0. The molecule has 1 saturated heterocycles. The normalized spacial score (nSPS) is 20.7. The van der Waals surface area contributed by atoms with Crippen LogP contribution in [0.2, 0.25) is 0 Å². The van der Waals surface area contributed by atoms with Crippen LogP contribution in [-0.2, 0) is 9.53 Å². The van der Waals surface area contributed by atoms with Crippen molar-refractivity contribution in [3.63, 3.8) is 0 Å². The molecular formula is C14H20ClFN2O3. The first-order chi connectivity index (χ1) is 9.65. The Bertz CT molecular complexity index is 467. The van der Waals surface area contributed by atoms with Gasteiger partial charge in [0.25, 0.3) is 5.91 Å². The first-order valence-corrected chi connectivity index (χ1v) is 6.57. The van der Waals surface area contributed by atoms with Gasteiger partial charge in [-0.3, -0.25) is 4.79 Å². The van der Waals surface area contributed by atoms with Crippen molar-refractivity contribution in [2.45, 2.75) is 12.1 Å². The summed E-state index contributed by atoms with van der Waals surface area (Å²) in [7, 11) is 1.58. The first-order valence-electron chi connectivity index (χ1n) is 6.57. The summed E-state index contributed by atoms with van der Waals surface area (Å²) < 4.78 is 24.7. The highest BCUT2D eigenvalue weighted by atomic mass is 35.5. The smallest absolute Gasteiger partial charge is 0.263 e. The van der Waals surface area contributed by atoms with Gasteiger partial charge in [-0.05, 0) is 18.7 Å². The van der Waals surface area contributed by atoms with Crippen molar-refractivity contribution in [2.24, 2.45) is 0 Å². The molecule has 7 heteroatoms. The lowest BCUT2D eigenvalue weighted by Gasteiger charge is -2.19. The second kappa shape index (κ2) is 8.17. The van der Waals surface area contributed by atoms with Crippen molar-refractivity contribution in [3.05, 3.63) is 24.3 Å². The van der Waals surface area contributed by atoms with Crippen LogP contribution in [0.25, 0.3) is 0 Å². The number of halogens is 2. The number of anilines is 1. The zero-order valence-electron chi connectivity index (χ0n) is 11.9. The molecule has 1 amide bonds. The molecular weight excluding hydrogens is 299 g/mol. The summed E-state index contributed by atoms with van der Waals surface area (Å²) in [6, 6.07) is 6.96. The highest BCUT2D eigenvalue weighted by molar-refractivity contribution is 5.98. The number of benzene rings is 1. The Balaban J connectivity index is 0.00000220. The van der Waals surface area contributed by atoms with Crippen LogP contribution in [0.15, 0.2) is 24.3 Å². The van der Waals surface area contributed by atoms with Crippen molar-refractivity contribution >= 4 is 24.0 Å². The van der Waals surface area contributed by atoms with E-state index in [2.05, 4.69) is 10.6 Å². The number of nitrogens with one attached hydrogen (secondary N) is 2. The maximum Gasteiger partial charge on any atom is 0.263 e. The molecule has 1 unspecified atom stereocenters. The Kier molecular flexibility index (Phi) is 6.87. The van der Waals surface area contributed by atoms with Crippen molar-refractivity contribution in [3.8, 4) is 5.75 Å². The maximum absolute atomic E-state index is 14.3. The lowest BCUT2D eigenvalue weighted by atomic mass is 10.0. The fourth-order valence-corrected chi connectivity index (χ4v) is 2.02. The van der Waals surface area contributed by atoms with Crippen molar-refractivity contribution in [1.82, 2.24) is 5.32 Å². The minimum atomic E-state index is -1.85. The van der Waals surface area contributed by atoms with E-state index >= 15 is 0 Å². The minimum Gasteiger partial charge on any atom is -0.489 e. The number of rotatable bonds is 6. The van der Waals surface area contributed by atoms with Gasteiger partial charge in [0.15, 0.2) is 0 Å². The molecule has 0 aliphatic carbocycles. The number of alkyl halides is 1. The van der Waals surface area contributed by atoms with Crippen molar-refractivity contribution in [2.75, 3.05) is 38.7 Å². The molecule has 1 atom stereocenters. The quantitative estimate of drug-likeness (QED) is 0.785. The van der Waals surface area contributed by atoms with Crippen LogP contribution in [0.4, 0.5) is 10.1 Å². The predicted octanol–water partition coefficient (Wildman–Crippen LogP) is 1.77. The largest absolute Gasteiger partial charge is 0.489 e. The average Bonchev–Trinajstić information content (AvgIpc) is 2.89. The molecule has 21 heavy (non-hydrogen) atoms. The first kappa shape index (κ1) is 17.7. The number of amides is 1. The van der Waals surface area contributed by atoms with Crippen molar-refractivity contribution < 1.29 is 18.7 Å². The van der Waals surface area contributed by atoms with Crippen LogP contribution in [0.5, 0.6) is 5.75 Å². The number of carbonyl (C=O) groups is 1. The molecule has 5 nitrogen and oxygen atoms in total. The number of ether oxygens (including phenoxy) is 2. The number of carbonyl (C=O) groups excluding carboxylic acids is 1. The van der Waals surface area contributed by atoms with Crippen LogP contribution >= 0.6 is 12.4 Å². The Labute approximate surface area is 129 Å². The summed E-state index contributed by atoms with van der Waals surface area (Å²) in [6.07, 6.45) is 0.186. The third kappa shape index (κ3) is 4.56. The molecule has 2 rings (SSSR count). The Hall–Kier alpha value is -1.37. The van der Waals surface area contributed by atoms with Crippen LogP contribution in [0.3, 0.4) is 0 Å². The van der Waals surface area contributed by atoms with E-state index in [1.807, 2.05) is 0 Å². The fraction of sp³-hybridized carbons (Fsp3) is 0.500. The number of para-hydroxylation sites is 2. The lowest BCUT2D eigenvalue weighted by Crippen LogP contribution is -2.40. The second-order valence-corrected chi connectivity index (χ2v) is 4.68. The van der Waals surface area contributed by atoms with Gasteiger partial charge in [-0.2, -0.15) is 0 Å². The van der Waals surface area contributed by atoms with E-state index in [4.69, 9.17) is 9.47 Å². The van der Waals surface area contributed by atoms with E-state index in [1.165, 1.54) is 0 Å².